The van der Waals surface area contributed by atoms with E-state index in [0.29, 0.717) is 47.0 Å². The standard InChI is InChI=1S/C31H29F4N5O2.C8H13NO2/c1-4-39-29-26(24(18-38(2)3)37-40(29)23-11-6-5-7-12-23)25(19-13-15-22(32)16-14-19)27(30(39)42)36-28(41)20-9-8-10-21(17-20)31(33,34)35;1-8(7-10)6-9-2-4-11-5-3-9/h5-17,25,27H,4,18H2,1-3H3,(H,36,41);7H,1-6H2. The molecule has 10 nitrogen and oxygen atoms in total. The fraction of sp³-hybridized carbons (Fsp3) is 0.333. The number of alkyl halides is 3. The molecule has 3 heterocycles. The maximum absolute atomic E-state index is 14.2. The molecule has 14 heteroatoms. The predicted molar refractivity (Wildman–Crippen MR) is 192 cm³/mol. The Labute approximate surface area is 305 Å². The van der Waals surface area contributed by atoms with Crippen molar-refractivity contribution in [3.8, 4) is 5.69 Å². The second-order valence-corrected chi connectivity index (χ2v) is 13.0. The molecule has 1 saturated heterocycles. The number of ether oxygens (including phenoxy) is 1. The number of likely N-dealkylation sites (N-methyl/N-ethyl adjacent to an activating group) is 1. The third kappa shape index (κ3) is 9.25. The first-order valence-electron chi connectivity index (χ1n) is 17.1. The number of benzene rings is 3. The lowest BCUT2D eigenvalue weighted by Gasteiger charge is -2.38. The number of nitrogens with zero attached hydrogens (tertiary/aromatic N) is 5. The first kappa shape index (κ1) is 39.0. The zero-order valence-corrected chi connectivity index (χ0v) is 29.8. The second-order valence-electron chi connectivity index (χ2n) is 13.0. The SMILES string of the molecule is C=C(C=O)CN1CCOCC1.CCN1C(=O)C(NC(=O)c2cccc(C(F)(F)F)c2)C(c2ccc(F)cc2)c2c(CN(C)C)nn(-c3ccccc3)c21. The number of morpholine rings is 1. The highest BCUT2D eigenvalue weighted by Gasteiger charge is 2.46. The Morgan fingerprint density at radius 3 is 2.32 bits per heavy atom. The van der Waals surface area contributed by atoms with Gasteiger partial charge in [-0.15, -0.1) is 0 Å². The molecule has 0 radical (unpaired) electrons. The maximum atomic E-state index is 14.2. The average molecular weight is 735 g/mol. The topological polar surface area (TPSA) is 100 Å². The van der Waals surface area contributed by atoms with E-state index in [4.69, 9.17) is 9.84 Å². The Morgan fingerprint density at radius 2 is 1.72 bits per heavy atom. The van der Waals surface area contributed by atoms with Crippen molar-refractivity contribution in [2.75, 3.05) is 58.4 Å². The van der Waals surface area contributed by atoms with E-state index in [1.54, 1.807) is 23.7 Å². The van der Waals surface area contributed by atoms with Crippen molar-refractivity contribution >= 4 is 23.9 Å². The molecule has 53 heavy (non-hydrogen) atoms. The van der Waals surface area contributed by atoms with Crippen LogP contribution in [0.3, 0.4) is 0 Å². The van der Waals surface area contributed by atoms with Crippen LogP contribution in [0, 0.1) is 5.82 Å². The molecule has 0 spiro atoms. The summed E-state index contributed by atoms with van der Waals surface area (Å²) in [6.45, 7) is 10.1. The fourth-order valence-corrected chi connectivity index (χ4v) is 6.42. The second kappa shape index (κ2) is 17.1. The van der Waals surface area contributed by atoms with E-state index in [-0.39, 0.29) is 12.1 Å². The largest absolute Gasteiger partial charge is 0.416 e. The minimum atomic E-state index is -4.64. The maximum Gasteiger partial charge on any atom is 0.416 e. The van der Waals surface area contributed by atoms with Crippen molar-refractivity contribution in [2.45, 2.75) is 31.6 Å². The van der Waals surface area contributed by atoms with E-state index in [9.17, 15) is 31.9 Å². The Bertz CT molecular complexity index is 1910. The van der Waals surface area contributed by atoms with Gasteiger partial charge in [-0.25, -0.2) is 9.07 Å². The zero-order chi connectivity index (χ0) is 38.3. The molecule has 280 valence electrons. The summed E-state index contributed by atoms with van der Waals surface area (Å²) in [5.41, 5.74) is 1.99. The van der Waals surface area contributed by atoms with E-state index in [1.807, 2.05) is 49.3 Å². The van der Waals surface area contributed by atoms with Gasteiger partial charge in [0.1, 0.15) is 24.0 Å². The zero-order valence-electron chi connectivity index (χ0n) is 29.8. The number of amides is 2. The van der Waals surface area contributed by atoms with Crippen molar-refractivity contribution in [1.82, 2.24) is 24.9 Å². The number of hydrogen-bond acceptors (Lipinski definition) is 7. The Hall–Kier alpha value is -5.18. The van der Waals surface area contributed by atoms with E-state index in [2.05, 4.69) is 16.8 Å². The van der Waals surface area contributed by atoms with Crippen LogP contribution in [-0.2, 0) is 27.0 Å². The molecule has 6 rings (SSSR count). The molecule has 0 aliphatic carbocycles. The number of halogens is 4. The summed E-state index contributed by atoms with van der Waals surface area (Å²) in [5.74, 6) is -2.07. The highest BCUT2D eigenvalue weighted by atomic mass is 19.4. The van der Waals surface area contributed by atoms with Crippen LogP contribution in [0.15, 0.2) is 91.0 Å². The number of carbonyl (C=O) groups is 3. The third-order valence-corrected chi connectivity index (χ3v) is 8.85. The van der Waals surface area contributed by atoms with Gasteiger partial charge in [0, 0.05) is 49.8 Å². The quantitative estimate of drug-likeness (QED) is 0.131. The third-order valence-electron chi connectivity index (χ3n) is 8.85. The molecular weight excluding hydrogens is 692 g/mol. The highest BCUT2D eigenvalue weighted by molar-refractivity contribution is 6.05. The van der Waals surface area contributed by atoms with Crippen LogP contribution in [0.25, 0.3) is 5.69 Å². The lowest BCUT2D eigenvalue weighted by atomic mass is 9.80. The lowest BCUT2D eigenvalue weighted by molar-refractivity contribution is -0.137. The minimum absolute atomic E-state index is 0.234. The van der Waals surface area contributed by atoms with Gasteiger partial charge in [0.15, 0.2) is 0 Å². The summed E-state index contributed by atoms with van der Waals surface area (Å²) < 4.78 is 61.0. The van der Waals surface area contributed by atoms with Gasteiger partial charge < -0.3 is 15.0 Å². The first-order chi connectivity index (χ1) is 25.3. The fourth-order valence-electron chi connectivity index (χ4n) is 6.42. The molecule has 1 aromatic heterocycles. The summed E-state index contributed by atoms with van der Waals surface area (Å²) in [5, 5.41) is 7.63. The smallest absolute Gasteiger partial charge is 0.379 e. The van der Waals surface area contributed by atoms with Gasteiger partial charge in [-0.05, 0) is 74.6 Å². The molecular formula is C39H42F4N6O4. The molecule has 0 bridgehead atoms. The van der Waals surface area contributed by atoms with Crippen molar-refractivity contribution in [3.63, 3.8) is 0 Å². The van der Waals surface area contributed by atoms with Gasteiger partial charge in [0.05, 0.1) is 30.2 Å². The number of rotatable bonds is 10. The van der Waals surface area contributed by atoms with E-state index >= 15 is 0 Å². The predicted octanol–water partition coefficient (Wildman–Crippen LogP) is 5.46. The van der Waals surface area contributed by atoms with Crippen LogP contribution in [-0.4, -0.2) is 97.2 Å². The van der Waals surface area contributed by atoms with Crippen molar-refractivity contribution < 1.29 is 36.7 Å². The van der Waals surface area contributed by atoms with Crippen molar-refractivity contribution in [1.29, 1.82) is 0 Å². The van der Waals surface area contributed by atoms with Gasteiger partial charge in [-0.3, -0.25) is 24.2 Å². The van der Waals surface area contributed by atoms with Crippen molar-refractivity contribution in [3.05, 3.63) is 125 Å². The number of aromatic nitrogens is 2. The van der Waals surface area contributed by atoms with Crippen LogP contribution in [0.2, 0.25) is 0 Å². The van der Waals surface area contributed by atoms with Gasteiger partial charge in [-0.1, -0.05) is 43.0 Å². The highest BCUT2D eigenvalue weighted by Crippen LogP contribution is 2.44. The summed E-state index contributed by atoms with van der Waals surface area (Å²) in [7, 11) is 3.75. The van der Waals surface area contributed by atoms with Crippen LogP contribution < -0.4 is 10.2 Å². The number of nitrogens with one attached hydrogen (secondary N) is 1. The molecule has 2 aliphatic heterocycles. The van der Waals surface area contributed by atoms with Crippen LogP contribution in [0.5, 0.6) is 0 Å². The summed E-state index contributed by atoms with van der Waals surface area (Å²) >= 11 is 0. The molecule has 2 atom stereocenters. The van der Waals surface area contributed by atoms with Gasteiger partial charge in [-0.2, -0.15) is 18.3 Å². The number of hydrogen-bond donors (Lipinski definition) is 1. The normalized spacial score (nSPS) is 17.5. The monoisotopic (exact) mass is 734 g/mol. The molecule has 3 aromatic carbocycles. The van der Waals surface area contributed by atoms with Crippen LogP contribution in [0.4, 0.5) is 23.4 Å². The van der Waals surface area contributed by atoms with E-state index in [1.165, 1.54) is 23.1 Å². The Balaban J connectivity index is 0.000000422. The first-order valence-corrected chi connectivity index (χ1v) is 17.1. The molecule has 4 aromatic rings. The molecule has 1 fully saturated rings. The average Bonchev–Trinajstić information content (AvgIpc) is 3.50. The number of aldehydes is 1. The van der Waals surface area contributed by atoms with E-state index < -0.39 is 41.3 Å². The van der Waals surface area contributed by atoms with E-state index in [0.717, 1.165) is 50.8 Å². The minimum Gasteiger partial charge on any atom is -0.379 e. The van der Waals surface area contributed by atoms with Crippen LogP contribution in [0.1, 0.15) is 45.6 Å². The Morgan fingerprint density at radius 1 is 1.04 bits per heavy atom. The molecule has 0 saturated carbocycles. The number of anilines is 1. The number of para-hydroxylation sites is 1. The van der Waals surface area contributed by atoms with Gasteiger partial charge in [0.25, 0.3) is 11.8 Å². The lowest BCUT2D eigenvalue weighted by Crippen LogP contribution is -2.55. The molecule has 1 N–H and O–H groups in total. The van der Waals surface area contributed by atoms with Gasteiger partial charge >= 0.3 is 6.18 Å². The number of fused-ring (bicyclic) bond motifs is 1. The summed E-state index contributed by atoms with van der Waals surface area (Å²) in [6, 6.07) is 17.7. The van der Waals surface area contributed by atoms with Gasteiger partial charge in [0.2, 0.25) is 0 Å². The Kier molecular flexibility index (Phi) is 12.6. The molecule has 2 aliphatic rings. The molecule has 2 unspecified atom stereocenters. The molecule has 2 amide bonds. The number of carbonyl (C=O) groups excluding carboxylic acids is 3. The summed E-state index contributed by atoms with van der Waals surface area (Å²) in [6.07, 6.45) is -3.83. The van der Waals surface area contributed by atoms with Crippen molar-refractivity contribution in [2.24, 2.45) is 0 Å². The summed E-state index contributed by atoms with van der Waals surface area (Å²) in [4.78, 5) is 43.4. The van der Waals surface area contributed by atoms with Crippen LogP contribution >= 0.6 is 0 Å².